The van der Waals surface area contributed by atoms with Crippen LogP contribution in [0.2, 0.25) is 0 Å². The van der Waals surface area contributed by atoms with E-state index in [1.807, 2.05) is 0 Å². The van der Waals surface area contributed by atoms with Crippen LogP contribution >= 0.6 is 22.9 Å². The first-order valence-corrected chi connectivity index (χ1v) is 4.93. The molecule has 1 aliphatic carbocycles. The molecule has 0 amide bonds. The van der Waals surface area contributed by atoms with Crippen LogP contribution in [0.25, 0.3) is 0 Å². The van der Waals surface area contributed by atoms with Gasteiger partial charge in [0.15, 0.2) is 0 Å². The molecule has 0 saturated heterocycles. The van der Waals surface area contributed by atoms with Gasteiger partial charge in [0, 0.05) is 35.5 Å². The fraction of sp³-hybridized carbons (Fsp3) is 1.00. The van der Waals surface area contributed by atoms with Gasteiger partial charge in [-0.25, -0.2) is 0 Å². The normalized spacial score (nSPS) is 34.2. The molecule has 2 N–H and O–H groups in total. The number of halogens is 1. The summed E-state index contributed by atoms with van der Waals surface area (Å²) in [5.74, 6) is 0.505. The van der Waals surface area contributed by atoms with Gasteiger partial charge in [0.25, 0.3) is 0 Å². The summed E-state index contributed by atoms with van der Waals surface area (Å²) in [7, 11) is 0. The highest BCUT2D eigenvalue weighted by Crippen LogP contribution is 2.24. The van der Waals surface area contributed by atoms with Gasteiger partial charge in [-0.3, -0.25) is 3.53 Å². The quantitative estimate of drug-likeness (QED) is 0.578. The van der Waals surface area contributed by atoms with E-state index in [0.717, 1.165) is 0 Å². The number of rotatable bonds is 2. The summed E-state index contributed by atoms with van der Waals surface area (Å²) in [6, 6.07) is 0.555. The summed E-state index contributed by atoms with van der Waals surface area (Å²) < 4.78 is 3.21. The summed E-state index contributed by atoms with van der Waals surface area (Å²) in [6.07, 6.45) is 5.03. The van der Waals surface area contributed by atoms with Crippen LogP contribution < -0.4 is 3.53 Å². The highest BCUT2D eigenvalue weighted by Gasteiger charge is 2.22. The fourth-order valence-corrected chi connectivity index (χ4v) is 2.39. The van der Waals surface area contributed by atoms with Crippen molar-refractivity contribution < 1.29 is 5.11 Å². The number of hydrogen-bond donors (Lipinski definition) is 2. The van der Waals surface area contributed by atoms with Crippen molar-refractivity contribution in [2.45, 2.75) is 31.7 Å². The molecule has 2 atom stereocenters. The van der Waals surface area contributed by atoms with E-state index in [0.29, 0.717) is 18.6 Å². The summed E-state index contributed by atoms with van der Waals surface area (Å²) in [4.78, 5) is 0. The molecule has 0 spiro atoms. The van der Waals surface area contributed by atoms with Crippen molar-refractivity contribution in [3.05, 3.63) is 0 Å². The van der Waals surface area contributed by atoms with E-state index >= 15 is 0 Å². The molecule has 0 aliphatic heterocycles. The molecule has 0 aromatic rings. The van der Waals surface area contributed by atoms with Gasteiger partial charge in [0.2, 0.25) is 0 Å². The van der Waals surface area contributed by atoms with E-state index in [-0.39, 0.29) is 0 Å². The molecule has 1 aliphatic rings. The smallest absolute Gasteiger partial charge is 0.0474 e. The minimum Gasteiger partial charge on any atom is -0.396 e. The van der Waals surface area contributed by atoms with E-state index in [1.165, 1.54) is 25.7 Å². The molecule has 1 fully saturated rings. The maximum atomic E-state index is 8.95. The van der Waals surface area contributed by atoms with E-state index in [4.69, 9.17) is 5.11 Å². The number of aliphatic hydroxyl groups excluding tert-OH is 1. The molecule has 0 heterocycles. The van der Waals surface area contributed by atoms with Crippen molar-refractivity contribution >= 4 is 22.9 Å². The third-order valence-electron chi connectivity index (χ3n) is 2.28. The van der Waals surface area contributed by atoms with Crippen molar-refractivity contribution in [1.29, 1.82) is 0 Å². The summed E-state index contributed by atoms with van der Waals surface area (Å²) >= 11 is 2.18. The monoisotopic (exact) mass is 255 g/mol. The average Bonchev–Trinajstić information content (AvgIpc) is 2.04. The second-order valence-electron chi connectivity index (χ2n) is 2.94. The van der Waals surface area contributed by atoms with E-state index in [9.17, 15) is 0 Å². The summed E-state index contributed by atoms with van der Waals surface area (Å²) in [5, 5.41) is 8.95. The second-order valence-corrected chi connectivity index (χ2v) is 3.57. The first-order chi connectivity index (χ1) is 4.88. The zero-order chi connectivity index (χ0) is 7.40. The van der Waals surface area contributed by atoms with Crippen LogP contribution in [0.4, 0.5) is 0 Å². The molecule has 0 bridgehead atoms. The first-order valence-electron chi connectivity index (χ1n) is 3.85. The van der Waals surface area contributed by atoms with E-state index in [2.05, 4.69) is 26.4 Å². The van der Waals surface area contributed by atoms with E-state index in [1.54, 1.807) is 0 Å². The zero-order valence-corrected chi connectivity index (χ0v) is 8.17. The molecule has 0 aromatic carbocycles. The Morgan fingerprint density at radius 1 is 1.40 bits per heavy atom. The Morgan fingerprint density at radius 3 is 2.60 bits per heavy atom. The molecule has 1 saturated carbocycles. The lowest BCUT2D eigenvalue weighted by Gasteiger charge is -2.28. The van der Waals surface area contributed by atoms with Gasteiger partial charge in [-0.1, -0.05) is 12.8 Å². The third-order valence-corrected chi connectivity index (χ3v) is 3.08. The van der Waals surface area contributed by atoms with Gasteiger partial charge in [0.05, 0.1) is 0 Å². The van der Waals surface area contributed by atoms with Crippen LogP contribution in [0, 0.1) is 5.92 Å². The molecule has 3 heteroatoms. The first kappa shape index (κ1) is 8.74. The Labute approximate surface area is 75.9 Å². The topological polar surface area (TPSA) is 32.3 Å². The van der Waals surface area contributed by atoms with Crippen LogP contribution in [-0.4, -0.2) is 17.8 Å². The standard InChI is InChI=1S/C7H14INO/c8-9-7-4-2-1-3-6(7)5-10/h6-7,9-10H,1-5H2/t6-,7-/m1/s1. The zero-order valence-electron chi connectivity index (χ0n) is 6.02. The molecule has 0 unspecified atom stereocenters. The van der Waals surface area contributed by atoms with E-state index < -0.39 is 0 Å². The predicted octanol–water partition coefficient (Wildman–Crippen LogP) is 1.48. The summed E-state index contributed by atoms with van der Waals surface area (Å²) in [6.45, 7) is 0.348. The summed E-state index contributed by atoms with van der Waals surface area (Å²) in [5.41, 5.74) is 0. The lowest BCUT2D eigenvalue weighted by Crippen LogP contribution is -2.34. The predicted molar refractivity (Wildman–Crippen MR) is 50.0 cm³/mol. The highest BCUT2D eigenvalue weighted by molar-refractivity contribution is 14.1. The lowest BCUT2D eigenvalue weighted by atomic mass is 9.86. The molecule has 0 radical (unpaired) electrons. The number of hydrogen-bond acceptors (Lipinski definition) is 2. The highest BCUT2D eigenvalue weighted by atomic mass is 127. The minimum absolute atomic E-state index is 0.348. The molecule has 0 aromatic heterocycles. The molecular weight excluding hydrogens is 241 g/mol. The SMILES string of the molecule is OC[C@H]1CCCC[C@H]1NI. The fourth-order valence-electron chi connectivity index (χ4n) is 1.57. The largest absolute Gasteiger partial charge is 0.396 e. The van der Waals surface area contributed by atoms with Crippen molar-refractivity contribution in [2.75, 3.05) is 6.61 Å². The minimum atomic E-state index is 0.348. The number of aliphatic hydroxyl groups is 1. The Balaban J connectivity index is 2.34. The maximum Gasteiger partial charge on any atom is 0.0474 e. The van der Waals surface area contributed by atoms with Crippen molar-refractivity contribution in [1.82, 2.24) is 3.53 Å². The van der Waals surface area contributed by atoms with Crippen LogP contribution in [0.15, 0.2) is 0 Å². The lowest BCUT2D eigenvalue weighted by molar-refractivity contribution is 0.167. The van der Waals surface area contributed by atoms with Gasteiger partial charge in [-0.15, -0.1) is 0 Å². The van der Waals surface area contributed by atoms with Crippen LogP contribution in [-0.2, 0) is 0 Å². The van der Waals surface area contributed by atoms with Gasteiger partial charge in [-0.2, -0.15) is 0 Å². The molecule has 60 valence electrons. The van der Waals surface area contributed by atoms with Gasteiger partial charge >= 0.3 is 0 Å². The Kier molecular flexibility index (Phi) is 3.95. The molecule has 2 nitrogen and oxygen atoms in total. The van der Waals surface area contributed by atoms with Gasteiger partial charge in [0.1, 0.15) is 0 Å². The Morgan fingerprint density at radius 2 is 2.10 bits per heavy atom. The molecule has 10 heavy (non-hydrogen) atoms. The second kappa shape index (κ2) is 4.51. The van der Waals surface area contributed by atoms with Crippen LogP contribution in [0.1, 0.15) is 25.7 Å². The van der Waals surface area contributed by atoms with Crippen LogP contribution in [0.3, 0.4) is 0 Å². The molecule has 1 rings (SSSR count). The van der Waals surface area contributed by atoms with Crippen LogP contribution in [0.5, 0.6) is 0 Å². The van der Waals surface area contributed by atoms with Crippen molar-refractivity contribution in [3.8, 4) is 0 Å². The Hall–Kier alpha value is 0.650. The third kappa shape index (κ3) is 2.07. The maximum absolute atomic E-state index is 8.95. The average molecular weight is 255 g/mol. The van der Waals surface area contributed by atoms with Gasteiger partial charge < -0.3 is 5.11 Å². The van der Waals surface area contributed by atoms with Crippen molar-refractivity contribution in [3.63, 3.8) is 0 Å². The number of nitrogens with one attached hydrogen (secondary N) is 1. The Bertz CT molecular complexity index is 87.6. The van der Waals surface area contributed by atoms with Crippen molar-refractivity contribution in [2.24, 2.45) is 5.92 Å². The molecular formula is C7H14INO. The van der Waals surface area contributed by atoms with Gasteiger partial charge in [-0.05, 0) is 18.8 Å².